The van der Waals surface area contributed by atoms with E-state index in [1.165, 1.54) is 0 Å². The maximum Gasteiger partial charge on any atom is 0.314 e. The second-order valence-electron chi connectivity index (χ2n) is 5.00. The van der Waals surface area contributed by atoms with E-state index in [0.29, 0.717) is 19.7 Å². The van der Waals surface area contributed by atoms with Crippen LogP contribution in [-0.4, -0.2) is 51.3 Å². The van der Waals surface area contributed by atoms with Crippen LogP contribution in [0.1, 0.15) is 12.0 Å². The van der Waals surface area contributed by atoms with Crippen molar-refractivity contribution in [3.8, 4) is 5.75 Å². The minimum atomic E-state index is -0.142. The van der Waals surface area contributed by atoms with Gasteiger partial charge in [-0.2, -0.15) is 0 Å². The molecule has 1 rings (SSSR count). The third-order valence-corrected chi connectivity index (χ3v) is 2.71. The van der Waals surface area contributed by atoms with Gasteiger partial charge in [-0.15, -0.1) is 0 Å². The number of nitrogens with zero attached hydrogens (tertiary/aromatic N) is 1. The molecular formula is C15H25N3O2. The lowest BCUT2D eigenvalue weighted by atomic mass is 10.2. The Kier molecular flexibility index (Phi) is 7.50. The predicted octanol–water partition coefficient (Wildman–Crippen LogP) is 1.62. The third kappa shape index (κ3) is 7.63. The Morgan fingerprint density at radius 2 is 2.00 bits per heavy atom. The fourth-order valence-electron chi connectivity index (χ4n) is 1.70. The van der Waals surface area contributed by atoms with Crippen LogP contribution in [0.25, 0.3) is 0 Å². The Morgan fingerprint density at radius 3 is 2.70 bits per heavy atom. The van der Waals surface area contributed by atoms with E-state index in [1.54, 1.807) is 0 Å². The number of ether oxygens (including phenoxy) is 1. The van der Waals surface area contributed by atoms with Crippen LogP contribution in [0.4, 0.5) is 4.79 Å². The van der Waals surface area contributed by atoms with Gasteiger partial charge in [-0.1, -0.05) is 12.1 Å². The molecule has 0 saturated carbocycles. The Morgan fingerprint density at radius 1 is 1.25 bits per heavy atom. The number of aryl methyl sites for hydroxylation is 1. The van der Waals surface area contributed by atoms with Gasteiger partial charge >= 0.3 is 6.03 Å². The quantitative estimate of drug-likeness (QED) is 0.711. The number of hydrogen-bond acceptors (Lipinski definition) is 3. The Balaban J connectivity index is 2.04. The van der Waals surface area contributed by atoms with E-state index in [-0.39, 0.29) is 6.03 Å². The lowest BCUT2D eigenvalue weighted by molar-refractivity contribution is 0.236. The second kappa shape index (κ2) is 9.20. The van der Waals surface area contributed by atoms with E-state index in [2.05, 4.69) is 15.5 Å². The van der Waals surface area contributed by atoms with Crippen molar-refractivity contribution in [3.63, 3.8) is 0 Å². The first-order valence-corrected chi connectivity index (χ1v) is 6.94. The monoisotopic (exact) mass is 279 g/mol. The van der Waals surface area contributed by atoms with Crippen molar-refractivity contribution >= 4 is 6.03 Å². The molecule has 2 amide bonds. The summed E-state index contributed by atoms with van der Waals surface area (Å²) in [5.74, 6) is 0.832. The zero-order valence-electron chi connectivity index (χ0n) is 12.6. The highest BCUT2D eigenvalue weighted by molar-refractivity contribution is 5.73. The second-order valence-corrected chi connectivity index (χ2v) is 5.00. The molecule has 0 aliphatic heterocycles. The van der Waals surface area contributed by atoms with Gasteiger partial charge in [0.25, 0.3) is 0 Å². The molecule has 1 aromatic carbocycles. The number of carbonyl (C=O) groups excluding carboxylic acids is 1. The lowest BCUT2D eigenvalue weighted by Gasteiger charge is -2.11. The summed E-state index contributed by atoms with van der Waals surface area (Å²) in [6, 6.07) is 7.72. The van der Waals surface area contributed by atoms with Crippen molar-refractivity contribution in [2.45, 2.75) is 13.3 Å². The Labute approximate surface area is 121 Å². The highest BCUT2D eigenvalue weighted by Gasteiger charge is 1.99. The average Bonchev–Trinajstić information content (AvgIpc) is 2.40. The van der Waals surface area contributed by atoms with E-state index in [4.69, 9.17) is 4.74 Å². The van der Waals surface area contributed by atoms with Gasteiger partial charge in [0.1, 0.15) is 12.4 Å². The van der Waals surface area contributed by atoms with Crippen LogP contribution in [0.15, 0.2) is 24.3 Å². The van der Waals surface area contributed by atoms with Gasteiger partial charge in [0, 0.05) is 6.54 Å². The molecule has 1 aromatic rings. The summed E-state index contributed by atoms with van der Waals surface area (Å²) in [7, 11) is 4.03. The van der Waals surface area contributed by atoms with E-state index in [1.807, 2.05) is 45.3 Å². The molecule has 0 aliphatic carbocycles. The van der Waals surface area contributed by atoms with Gasteiger partial charge in [0.15, 0.2) is 0 Å². The number of nitrogens with one attached hydrogen (secondary N) is 2. The average molecular weight is 279 g/mol. The first kappa shape index (κ1) is 16.3. The van der Waals surface area contributed by atoms with Crippen molar-refractivity contribution in [2.75, 3.05) is 40.3 Å². The van der Waals surface area contributed by atoms with Crippen LogP contribution in [0.2, 0.25) is 0 Å². The van der Waals surface area contributed by atoms with Crippen LogP contribution in [0.5, 0.6) is 5.75 Å². The molecular weight excluding hydrogens is 254 g/mol. The first-order chi connectivity index (χ1) is 9.58. The number of carbonyl (C=O) groups is 1. The molecule has 0 saturated heterocycles. The molecule has 5 heteroatoms. The van der Waals surface area contributed by atoms with Crippen molar-refractivity contribution < 1.29 is 9.53 Å². The van der Waals surface area contributed by atoms with Crippen molar-refractivity contribution in [3.05, 3.63) is 29.8 Å². The first-order valence-electron chi connectivity index (χ1n) is 6.94. The van der Waals surface area contributed by atoms with Crippen LogP contribution in [-0.2, 0) is 0 Å². The highest BCUT2D eigenvalue weighted by Crippen LogP contribution is 2.11. The summed E-state index contributed by atoms with van der Waals surface area (Å²) >= 11 is 0. The molecule has 0 spiro atoms. The molecule has 0 bridgehead atoms. The predicted molar refractivity (Wildman–Crippen MR) is 81.2 cm³/mol. The minimum absolute atomic E-state index is 0.142. The van der Waals surface area contributed by atoms with Crippen LogP contribution in [0.3, 0.4) is 0 Å². The Hall–Kier alpha value is -1.75. The maximum absolute atomic E-state index is 11.5. The fraction of sp³-hybridized carbons (Fsp3) is 0.533. The lowest BCUT2D eigenvalue weighted by Crippen LogP contribution is -2.38. The van der Waals surface area contributed by atoms with Gasteiger partial charge in [0.2, 0.25) is 0 Å². The van der Waals surface area contributed by atoms with Crippen LogP contribution >= 0.6 is 0 Å². The molecule has 0 atom stereocenters. The van der Waals surface area contributed by atoms with Crippen molar-refractivity contribution in [2.24, 2.45) is 0 Å². The molecule has 0 aromatic heterocycles. The Bertz CT molecular complexity index is 408. The number of benzene rings is 1. The van der Waals surface area contributed by atoms with Gasteiger partial charge in [-0.05, 0) is 51.7 Å². The summed E-state index contributed by atoms with van der Waals surface area (Å²) in [6.07, 6.45) is 0.945. The summed E-state index contributed by atoms with van der Waals surface area (Å²) < 4.78 is 5.55. The molecule has 0 aliphatic rings. The van der Waals surface area contributed by atoms with Crippen molar-refractivity contribution in [1.82, 2.24) is 15.5 Å². The van der Waals surface area contributed by atoms with Gasteiger partial charge in [-0.3, -0.25) is 0 Å². The number of urea groups is 1. The molecule has 0 unspecified atom stereocenters. The molecule has 20 heavy (non-hydrogen) atoms. The summed E-state index contributed by atoms with van der Waals surface area (Å²) in [4.78, 5) is 13.6. The maximum atomic E-state index is 11.5. The summed E-state index contributed by atoms with van der Waals surface area (Å²) in [5.41, 5.74) is 1.16. The van der Waals surface area contributed by atoms with E-state index in [9.17, 15) is 4.79 Å². The highest BCUT2D eigenvalue weighted by atomic mass is 16.5. The normalized spacial score (nSPS) is 10.4. The minimum Gasteiger partial charge on any atom is -0.492 e. The number of rotatable bonds is 8. The molecule has 2 N–H and O–H groups in total. The molecule has 5 nitrogen and oxygen atoms in total. The number of hydrogen-bond donors (Lipinski definition) is 2. The SMILES string of the molecule is Cc1cccc(OCCNC(=O)NCCCN(C)C)c1. The van der Waals surface area contributed by atoms with Crippen LogP contribution in [0, 0.1) is 6.92 Å². The topological polar surface area (TPSA) is 53.6 Å². The molecule has 0 heterocycles. The zero-order valence-corrected chi connectivity index (χ0v) is 12.6. The third-order valence-electron chi connectivity index (χ3n) is 2.71. The molecule has 0 fully saturated rings. The van der Waals surface area contributed by atoms with Gasteiger partial charge < -0.3 is 20.3 Å². The molecule has 112 valence electrons. The van der Waals surface area contributed by atoms with E-state index in [0.717, 1.165) is 24.3 Å². The van der Waals surface area contributed by atoms with Gasteiger partial charge in [-0.25, -0.2) is 4.79 Å². The zero-order chi connectivity index (χ0) is 14.8. The fourth-order valence-corrected chi connectivity index (χ4v) is 1.70. The summed E-state index contributed by atoms with van der Waals surface area (Å²) in [6.45, 7) is 4.63. The number of amides is 2. The van der Waals surface area contributed by atoms with Crippen molar-refractivity contribution in [1.29, 1.82) is 0 Å². The largest absolute Gasteiger partial charge is 0.492 e. The molecule has 0 radical (unpaired) electrons. The van der Waals surface area contributed by atoms with Crippen LogP contribution < -0.4 is 15.4 Å². The van der Waals surface area contributed by atoms with E-state index < -0.39 is 0 Å². The van der Waals surface area contributed by atoms with Gasteiger partial charge in [0.05, 0.1) is 6.54 Å². The smallest absolute Gasteiger partial charge is 0.314 e. The standard InChI is InChI=1S/C15H25N3O2/c1-13-6-4-7-14(12-13)20-11-9-17-15(19)16-8-5-10-18(2)3/h4,6-7,12H,5,8-11H2,1-3H3,(H2,16,17,19). The summed E-state index contributed by atoms with van der Waals surface area (Å²) in [5, 5.41) is 5.58. The van der Waals surface area contributed by atoms with E-state index >= 15 is 0 Å².